The largest absolute Gasteiger partial charge is 0.497 e. The van der Waals surface area contributed by atoms with E-state index in [4.69, 9.17) is 14.0 Å². The zero-order chi connectivity index (χ0) is 23.7. The number of nitrogens with one attached hydrogen (secondary N) is 1. The van der Waals surface area contributed by atoms with Crippen molar-refractivity contribution in [2.75, 3.05) is 20.2 Å². The molecule has 0 saturated carbocycles. The van der Waals surface area contributed by atoms with Crippen LogP contribution in [-0.4, -0.2) is 41.1 Å². The van der Waals surface area contributed by atoms with Crippen molar-refractivity contribution in [2.45, 2.75) is 39.2 Å². The SMILES string of the molecule is COc1ccc2[nH]cc(C3CCN(C(=O)c4ccccc4OCc4c(C)noc4C)CC3)c2c1. The molecule has 5 rings (SSSR count). The number of rotatable bonds is 6. The van der Waals surface area contributed by atoms with E-state index < -0.39 is 0 Å². The quantitative estimate of drug-likeness (QED) is 0.419. The third kappa shape index (κ3) is 4.14. The Balaban J connectivity index is 1.28. The van der Waals surface area contributed by atoms with E-state index in [2.05, 4.69) is 28.5 Å². The molecule has 0 atom stereocenters. The predicted octanol–water partition coefficient (Wildman–Crippen LogP) is 5.38. The van der Waals surface area contributed by atoms with E-state index in [-0.39, 0.29) is 5.91 Å². The van der Waals surface area contributed by atoms with Crippen LogP contribution in [0, 0.1) is 13.8 Å². The number of H-pyrrole nitrogens is 1. The van der Waals surface area contributed by atoms with Crippen molar-refractivity contribution in [1.82, 2.24) is 15.0 Å². The summed E-state index contributed by atoms with van der Waals surface area (Å²) in [5.41, 5.74) is 4.71. The van der Waals surface area contributed by atoms with Gasteiger partial charge in [-0.15, -0.1) is 0 Å². The molecule has 1 N–H and O–H groups in total. The number of methoxy groups -OCH3 is 1. The van der Waals surface area contributed by atoms with Crippen molar-refractivity contribution < 1.29 is 18.8 Å². The van der Waals surface area contributed by atoms with E-state index in [1.54, 1.807) is 7.11 Å². The summed E-state index contributed by atoms with van der Waals surface area (Å²) in [6.45, 7) is 5.48. The smallest absolute Gasteiger partial charge is 0.257 e. The van der Waals surface area contributed by atoms with Gasteiger partial charge in [-0.05, 0) is 68.5 Å². The zero-order valence-electron chi connectivity index (χ0n) is 19.8. The Morgan fingerprint density at radius 1 is 1.18 bits per heavy atom. The number of piperidine rings is 1. The van der Waals surface area contributed by atoms with Gasteiger partial charge in [0.05, 0.1) is 23.9 Å². The van der Waals surface area contributed by atoms with Crippen LogP contribution in [0.5, 0.6) is 11.5 Å². The van der Waals surface area contributed by atoms with Crippen LogP contribution in [0.15, 0.2) is 53.2 Å². The van der Waals surface area contributed by atoms with E-state index in [1.165, 1.54) is 10.9 Å². The average Bonchev–Trinajstić information content (AvgIpc) is 3.44. The average molecular weight is 460 g/mol. The molecule has 0 aliphatic carbocycles. The lowest BCUT2D eigenvalue weighted by Gasteiger charge is -2.32. The lowest BCUT2D eigenvalue weighted by Crippen LogP contribution is -2.38. The third-order valence-electron chi connectivity index (χ3n) is 6.81. The molecule has 2 aromatic carbocycles. The number of hydrogen-bond donors (Lipinski definition) is 1. The van der Waals surface area contributed by atoms with Crippen molar-refractivity contribution in [3.05, 3.63) is 76.8 Å². The molecule has 2 aromatic heterocycles. The summed E-state index contributed by atoms with van der Waals surface area (Å²) in [5.74, 6) is 2.58. The second-order valence-corrected chi connectivity index (χ2v) is 8.81. The van der Waals surface area contributed by atoms with Gasteiger partial charge < -0.3 is 23.9 Å². The highest BCUT2D eigenvalue weighted by Gasteiger charge is 2.27. The zero-order valence-corrected chi connectivity index (χ0v) is 19.8. The monoisotopic (exact) mass is 459 g/mol. The molecule has 3 heterocycles. The van der Waals surface area contributed by atoms with E-state index in [1.807, 2.05) is 49.1 Å². The number of carbonyl (C=O) groups excluding carboxylic acids is 1. The van der Waals surface area contributed by atoms with Crippen molar-refractivity contribution in [3.8, 4) is 11.5 Å². The van der Waals surface area contributed by atoms with Gasteiger partial charge in [0.2, 0.25) is 0 Å². The Kier molecular flexibility index (Phi) is 6.01. The van der Waals surface area contributed by atoms with Crippen LogP contribution in [-0.2, 0) is 6.61 Å². The van der Waals surface area contributed by atoms with Gasteiger partial charge in [0.1, 0.15) is 23.9 Å². The van der Waals surface area contributed by atoms with Crippen molar-refractivity contribution in [3.63, 3.8) is 0 Å². The third-order valence-corrected chi connectivity index (χ3v) is 6.81. The van der Waals surface area contributed by atoms with Crippen LogP contribution in [0.3, 0.4) is 0 Å². The summed E-state index contributed by atoms with van der Waals surface area (Å²) in [6.07, 6.45) is 3.93. The van der Waals surface area contributed by atoms with Gasteiger partial charge >= 0.3 is 0 Å². The second kappa shape index (κ2) is 9.25. The molecule has 0 spiro atoms. The minimum Gasteiger partial charge on any atom is -0.497 e. The van der Waals surface area contributed by atoms with Crippen LogP contribution in [0.25, 0.3) is 10.9 Å². The first-order valence-corrected chi connectivity index (χ1v) is 11.6. The van der Waals surface area contributed by atoms with Crippen molar-refractivity contribution in [2.24, 2.45) is 0 Å². The first-order valence-electron chi connectivity index (χ1n) is 11.6. The number of aryl methyl sites for hydroxylation is 2. The molecule has 0 bridgehead atoms. The summed E-state index contributed by atoms with van der Waals surface area (Å²) in [7, 11) is 1.69. The Hall–Kier alpha value is -3.74. The fraction of sp³-hybridized carbons (Fsp3) is 0.333. The van der Waals surface area contributed by atoms with E-state index in [0.29, 0.717) is 36.9 Å². The molecule has 1 amide bonds. The number of aromatic nitrogens is 2. The Bertz CT molecular complexity index is 1300. The van der Waals surface area contributed by atoms with Gasteiger partial charge in [-0.2, -0.15) is 0 Å². The van der Waals surface area contributed by atoms with Gasteiger partial charge in [0, 0.05) is 30.2 Å². The van der Waals surface area contributed by atoms with Crippen molar-refractivity contribution >= 4 is 16.8 Å². The molecule has 1 aliphatic heterocycles. The molecular formula is C27H29N3O4. The van der Waals surface area contributed by atoms with Crippen LogP contribution in [0.1, 0.15) is 51.7 Å². The molecule has 4 aromatic rings. The van der Waals surface area contributed by atoms with E-state index in [0.717, 1.165) is 41.1 Å². The number of amides is 1. The van der Waals surface area contributed by atoms with Crippen LogP contribution in [0.2, 0.25) is 0 Å². The Labute approximate surface area is 198 Å². The molecule has 0 unspecified atom stereocenters. The standard InChI is InChI=1S/C27H29N3O4/c1-17-24(18(2)34-29-17)16-33-26-7-5-4-6-21(26)27(31)30-12-10-19(11-13-30)23-15-28-25-9-8-20(32-3)14-22(23)25/h4-9,14-15,19,28H,10-13,16H2,1-3H3. The molecule has 1 saturated heterocycles. The topological polar surface area (TPSA) is 80.6 Å². The molecular weight excluding hydrogens is 430 g/mol. The highest BCUT2D eigenvalue weighted by atomic mass is 16.5. The summed E-state index contributed by atoms with van der Waals surface area (Å²) < 4.78 is 16.7. The number of para-hydroxylation sites is 1. The highest BCUT2D eigenvalue weighted by Crippen LogP contribution is 2.35. The first kappa shape index (κ1) is 22.1. The molecule has 7 heteroatoms. The summed E-state index contributed by atoms with van der Waals surface area (Å²) in [4.78, 5) is 18.7. The fourth-order valence-corrected chi connectivity index (χ4v) is 4.78. The summed E-state index contributed by atoms with van der Waals surface area (Å²) in [5, 5.41) is 5.17. The predicted molar refractivity (Wildman–Crippen MR) is 129 cm³/mol. The number of fused-ring (bicyclic) bond motifs is 1. The maximum Gasteiger partial charge on any atom is 0.257 e. The number of likely N-dealkylation sites (tertiary alicyclic amines) is 1. The summed E-state index contributed by atoms with van der Waals surface area (Å²) in [6, 6.07) is 13.6. The van der Waals surface area contributed by atoms with Gasteiger partial charge in [0.25, 0.3) is 5.91 Å². The lowest BCUT2D eigenvalue weighted by atomic mass is 9.89. The van der Waals surface area contributed by atoms with Crippen LogP contribution < -0.4 is 9.47 Å². The number of benzene rings is 2. The van der Waals surface area contributed by atoms with Crippen molar-refractivity contribution in [1.29, 1.82) is 0 Å². The normalized spacial score (nSPS) is 14.5. The number of aromatic amines is 1. The molecule has 176 valence electrons. The number of nitrogens with zero attached hydrogens (tertiary/aromatic N) is 2. The second-order valence-electron chi connectivity index (χ2n) is 8.81. The molecule has 1 aliphatic rings. The minimum absolute atomic E-state index is 0.00779. The Morgan fingerprint density at radius 2 is 1.97 bits per heavy atom. The van der Waals surface area contributed by atoms with E-state index in [9.17, 15) is 4.79 Å². The molecule has 7 nitrogen and oxygen atoms in total. The van der Waals surface area contributed by atoms with E-state index >= 15 is 0 Å². The molecule has 1 fully saturated rings. The highest BCUT2D eigenvalue weighted by molar-refractivity contribution is 5.97. The maximum atomic E-state index is 13.4. The fourth-order valence-electron chi connectivity index (χ4n) is 4.78. The minimum atomic E-state index is 0.00779. The maximum absolute atomic E-state index is 13.4. The van der Waals surface area contributed by atoms with Gasteiger partial charge in [-0.1, -0.05) is 17.3 Å². The van der Waals surface area contributed by atoms with Crippen LogP contribution >= 0.6 is 0 Å². The molecule has 0 radical (unpaired) electrons. The molecule has 34 heavy (non-hydrogen) atoms. The Morgan fingerprint density at radius 3 is 2.71 bits per heavy atom. The number of carbonyl (C=O) groups is 1. The van der Waals surface area contributed by atoms with Crippen LogP contribution in [0.4, 0.5) is 0 Å². The van der Waals surface area contributed by atoms with Gasteiger partial charge in [-0.3, -0.25) is 4.79 Å². The van der Waals surface area contributed by atoms with Gasteiger partial charge in [-0.25, -0.2) is 0 Å². The first-order chi connectivity index (χ1) is 16.5. The summed E-state index contributed by atoms with van der Waals surface area (Å²) >= 11 is 0. The number of hydrogen-bond acceptors (Lipinski definition) is 5. The lowest BCUT2D eigenvalue weighted by molar-refractivity contribution is 0.0708. The number of ether oxygens (including phenoxy) is 2. The van der Waals surface area contributed by atoms with Gasteiger partial charge in [0.15, 0.2) is 0 Å².